The van der Waals surface area contributed by atoms with Crippen LogP contribution in [0.3, 0.4) is 0 Å². The number of carbonyl (C=O) groups excluding carboxylic acids is 1. The summed E-state index contributed by atoms with van der Waals surface area (Å²) in [6, 6.07) is 4.57. The molecule has 0 aliphatic heterocycles. The van der Waals surface area contributed by atoms with E-state index in [-0.39, 0.29) is 17.8 Å². The lowest BCUT2D eigenvalue weighted by Gasteiger charge is -2.07. The third-order valence-electron chi connectivity index (χ3n) is 2.32. The molecule has 2 aromatic rings. The molecule has 0 aliphatic carbocycles. The van der Waals surface area contributed by atoms with Crippen molar-refractivity contribution >= 4 is 28.5 Å². The Hall–Kier alpha value is -2.08. The SMILES string of the molecule is CCOC(=O)c1nc2ccc(Cl)cc2c(=O)n1N. The zero-order valence-corrected chi connectivity index (χ0v) is 10.3. The van der Waals surface area contributed by atoms with Crippen LogP contribution in [0.15, 0.2) is 23.0 Å². The molecule has 0 fully saturated rings. The van der Waals surface area contributed by atoms with E-state index in [1.54, 1.807) is 19.1 Å². The Morgan fingerprint density at radius 1 is 1.56 bits per heavy atom. The van der Waals surface area contributed by atoms with Crippen molar-refractivity contribution in [3.63, 3.8) is 0 Å². The van der Waals surface area contributed by atoms with Crippen molar-refractivity contribution in [3.8, 4) is 0 Å². The summed E-state index contributed by atoms with van der Waals surface area (Å²) in [4.78, 5) is 27.5. The van der Waals surface area contributed by atoms with Crippen molar-refractivity contribution < 1.29 is 9.53 Å². The molecule has 1 aromatic carbocycles. The largest absolute Gasteiger partial charge is 0.460 e. The predicted octanol–water partition coefficient (Wildman–Crippen LogP) is 0.940. The van der Waals surface area contributed by atoms with E-state index in [4.69, 9.17) is 22.2 Å². The lowest BCUT2D eigenvalue weighted by Crippen LogP contribution is -2.34. The van der Waals surface area contributed by atoms with Crippen molar-refractivity contribution in [1.29, 1.82) is 0 Å². The van der Waals surface area contributed by atoms with Gasteiger partial charge in [0.2, 0.25) is 5.82 Å². The zero-order chi connectivity index (χ0) is 13.3. The summed E-state index contributed by atoms with van der Waals surface area (Å²) in [5, 5.41) is 0.642. The monoisotopic (exact) mass is 267 g/mol. The minimum atomic E-state index is -0.742. The summed E-state index contributed by atoms with van der Waals surface area (Å²) in [5.74, 6) is 4.55. The highest BCUT2D eigenvalue weighted by atomic mass is 35.5. The Morgan fingerprint density at radius 2 is 2.28 bits per heavy atom. The highest BCUT2D eigenvalue weighted by Gasteiger charge is 2.16. The van der Waals surface area contributed by atoms with Crippen LogP contribution in [0.25, 0.3) is 10.9 Å². The van der Waals surface area contributed by atoms with Gasteiger partial charge < -0.3 is 10.6 Å². The van der Waals surface area contributed by atoms with E-state index in [0.717, 1.165) is 0 Å². The second-order valence-corrected chi connectivity index (χ2v) is 3.93. The number of hydrogen-bond donors (Lipinski definition) is 1. The van der Waals surface area contributed by atoms with E-state index >= 15 is 0 Å². The first-order chi connectivity index (χ1) is 8.54. The molecule has 94 valence electrons. The molecule has 18 heavy (non-hydrogen) atoms. The molecule has 0 bridgehead atoms. The Balaban J connectivity index is 2.72. The summed E-state index contributed by atoms with van der Waals surface area (Å²) >= 11 is 5.79. The number of hydrogen-bond acceptors (Lipinski definition) is 5. The molecular formula is C11H10ClN3O3. The van der Waals surface area contributed by atoms with Gasteiger partial charge in [-0.2, -0.15) is 0 Å². The van der Waals surface area contributed by atoms with Crippen molar-refractivity contribution in [2.45, 2.75) is 6.92 Å². The van der Waals surface area contributed by atoms with Gasteiger partial charge in [0, 0.05) is 5.02 Å². The third-order valence-corrected chi connectivity index (χ3v) is 2.56. The van der Waals surface area contributed by atoms with Gasteiger partial charge >= 0.3 is 5.97 Å². The van der Waals surface area contributed by atoms with Gasteiger partial charge in [0.05, 0.1) is 17.5 Å². The lowest BCUT2D eigenvalue weighted by atomic mass is 10.2. The van der Waals surface area contributed by atoms with Crippen molar-refractivity contribution in [3.05, 3.63) is 39.4 Å². The number of fused-ring (bicyclic) bond motifs is 1. The number of esters is 1. The van der Waals surface area contributed by atoms with Crippen LogP contribution < -0.4 is 11.4 Å². The van der Waals surface area contributed by atoms with Crippen LogP contribution in [0.1, 0.15) is 17.5 Å². The van der Waals surface area contributed by atoms with Crippen LogP contribution in [0.4, 0.5) is 0 Å². The predicted molar refractivity (Wildman–Crippen MR) is 67.1 cm³/mol. The van der Waals surface area contributed by atoms with Crippen LogP contribution in [-0.2, 0) is 4.74 Å². The van der Waals surface area contributed by atoms with Crippen LogP contribution in [0, 0.1) is 0 Å². The molecule has 0 spiro atoms. The maximum absolute atomic E-state index is 11.9. The van der Waals surface area contributed by atoms with Gasteiger partial charge in [-0.15, -0.1) is 0 Å². The second-order valence-electron chi connectivity index (χ2n) is 3.49. The van der Waals surface area contributed by atoms with Gasteiger partial charge in [0.25, 0.3) is 5.56 Å². The summed E-state index contributed by atoms with van der Waals surface area (Å²) in [6.07, 6.45) is 0. The first-order valence-electron chi connectivity index (χ1n) is 5.19. The van der Waals surface area contributed by atoms with Crippen molar-refractivity contribution in [2.75, 3.05) is 12.4 Å². The number of carbonyl (C=O) groups is 1. The van der Waals surface area contributed by atoms with E-state index in [9.17, 15) is 9.59 Å². The highest BCUT2D eigenvalue weighted by Crippen LogP contribution is 2.14. The number of nitrogen functional groups attached to an aromatic ring is 1. The summed E-state index contributed by atoms with van der Waals surface area (Å²) in [7, 11) is 0. The number of aromatic nitrogens is 2. The third kappa shape index (κ3) is 2.02. The van der Waals surface area contributed by atoms with Gasteiger partial charge in [0.1, 0.15) is 0 Å². The standard InChI is InChI=1S/C11H10ClN3O3/c1-2-18-11(17)9-14-8-4-3-6(12)5-7(8)10(16)15(9)13/h3-5H,2,13H2,1H3. The fourth-order valence-corrected chi connectivity index (χ4v) is 1.68. The molecule has 0 amide bonds. The molecule has 0 saturated heterocycles. The highest BCUT2D eigenvalue weighted by molar-refractivity contribution is 6.31. The molecule has 2 rings (SSSR count). The lowest BCUT2D eigenvalue weighted by molar-refractivity contribution is 0.0507. The fraction of sp³-hybridized carbons (Fsp3) is 0.182. The Labute approximate surface area is 107 Å². The number of nitrogens with two attached hydrogens (primary N) is 1. The molecular weight excluding hydrogens is 258 g/mol. The van der Waals surface area contributed by atoms with Gasteiger partial charge in [-0.25, -0.2) is 14.5 Å². The van der Waals surface area contributed by atoms with Gasteiger partial charge in [-0.1, -0.05) is 11.6 Å². The molecule has 0 unspecified atom stereocenters. The minimum absolute atomic E-state index is 0.174. The normalized spacial score (nSPS) is 10.6. The zero-order valence-electron chi connectivity index (χ0n) is 9.51. The van der Waals surface area contributed by atoms with E-state index in [1.165, 1.54) is 6.07 Å². The molecule has 1 heterocycles. The van der Waals surface area contributed by atoms with Crippen molar-refractivity contribution in [2.24, 2.45) is 0 Å². The van der Waals surface area contributed by atoms with Crippen LogP contribution in [-0.4, -0.2) is 22.2 Å². The van der Waals surface area contributed by atoms with E-state index < -0.39 is 11.5 Å². The van der Waals surface area contributed by atoms with Gasteiger partial charge in [-0.05, 0) is 25.1 Å². The Morgan fingerprint density at radius 3 is 2.94 bits per heavy atom. The number of rotatable bonds is 2. The smallest absolute Gasteiger partial charge is 0.376 e. The molecule has 0 atom stereocenters. The number of ether oxygens (including phenoxy) is 1. The van der Waals surface area contributed by atoms with E-state index in [0.29, 0.717) is 15.2 Å². The minimum Gasteiger partial charge on any atom is -0.460 e. The molecule has 0 aliphatic rings. The quantitative estimate of drug-likeness (QED) is 0.646. The Bertz CT molecular complexity index is 681. The molecule has 7 heteroatoms. The van der Waals surface area contributed by atoms with Crippen LogP contribution >= 0.6 is 11.6 Å². The first-order valence-corrected chi connectivity index (χ1v) is 5.57. The first kappa shape index (κ1) is 12.4. The van der Waals surface area contributed by atoms with Crippen LogP contribution in [0.5, 0.6) is 0 Å². The number of benzene rings is 1. The second kappa shape index (κ2) is 4.66. The van der Waals surface area contributed by atoms with E-state index in [2.05, 4.69) is 4.98 Å². The van der Waals surface area contributed by atoms with Crippen LogP contribution in [0.2, 0.25) is 5.02 Å². The molecule has 1 aromatic heterocycles. The fourth-order valence-electron chi connectivity index (χ4n) is 1.51. The Kier molecular flexibility index (Phi) is 3.20. The molecule has 6 nitrogen and oxygen atoms in total. The maximum atomic E-state index is 11.9. The molecule has 0 saturated carbocycles. The summed E-state index contributed by atoms with van der Waals surface area (Å²) in [5.41, 5.74) is -0.209. The summed E-state index contributed by atoms with van der Waals surface area (Å²) in [6.45, 7) is 1.82. The average molecular weight is 268 g/mol. The average Bonchev–Trinajstić information content (AvgIpc) is 2.34. The molecule has 2 N–H and O–H groups in total. The van der Waals surface area contributed by atoms with Crippen molar-refractivity contribution in [1.82, 2.24) is 9.66 Å². The van der Waals surface area contributed by atoms with E-state index in [1.807, 2.05) is 0 Å². The topological polar surface area (TPSA) is 87.2 Å². The van der Waals surface area contributed by atoms with Gasteiger partial charge in [0.15, 0.2) is 0 Å². The molecule has 0 radical (unpaired) electrons. The maximum Gasteiger partial charge on any atom is 0.376 e. The summed E-state index contributed by atoms with van der Waals surface area (Å²) < 4.78 is 5.43. The number of halogens is 1. The van der Waals surface area contributed by atoms with Gasteiger partial charge in [-0.3, -0.25) is 4.79 Å². The number of nitrogens with zero attached hydrogens (tertiary/aromatic N) is 2.